The van der Waals surface area contributed by atoms with Crippen molar-refractivity contribution in [3.63, 3.8) is 0 Å². The highest BCUT2D eigenvalue weighted by atomic mass is 32.2. The molecule has 4 nitrogen and oxygen atoms in total. The molecule has 0 unspecified atom stereocenters. The van der Waals surface area contributed by atoms with Gasteiger partial charge in [-0.1, -0.05) is 37.5 Å². The summed E-state index contributed by atoms with van der Waals surface area (Å²) in [6.07, 6.45) is 5.03. The standard InChI is InChI=1S/C16H24FNO3S/c17-15-7-3-2-6-14(15)8-11-22(20,21)18-12-16(13-19)9-4-1-5-10-16/h2-3,6-7,18-19H,1,4-5,8-13H2. The number of hydrogen-bond donors (Lipinski definition) is 2. The van der Waals surface area contributed by atoms with Crippen LogP contribution < -0.4 is 4.72 Å². The number of halogens is 1. The topological polar surface area (TPSA) is 66.4 Å². The zero-order valence-electron chi connectivity index (χ0n) is 12.7. The summed E-state index contributed by atoms with van der Waals surface area (Å²) in [5.74, 6) is -0.521. The van der Waals surface area contributed by atoms with Crippen LogP contribution in [-0.2, 0) is 16.4 Å². The molecule has 2 rings (SSSR count). The summed E-state index contributed by atoms with van der Waals surface area (Å²) in [4.78, 5) is 0. The fourth-order valence-electron chi connectivity index (χ4n) is 2.97. The van der Waals surface area contributed by atoms with Crippen LogP contribution in [0.2, 0.25) is 0 Å². The summed E-state index contributed by atoms with van der Waals surface area (Å²) in [5, 5.41) is 9.60. The number of nitrogens with one attached hydrogen (secondary N) is 1. The summed E-state index contributed by atoms with van der Waals surface area (Å²) in [5.41, 5.74) is 0.0750. The van der Waals surface area contributed by atoms with Crippen LogP contribution in [0.1, 0.15) is 37.7 Å². The number of aryl methyl sites for hydroxylation is 1. The van der Waals surface area contributed by atoms with E-state index in [0.717, 1.165) is 32.1 Å². The van der Waals surface area contributed by atoms with Crippen molar-refractivity contribution in [1.82, 2.24) is 4.72 Å². The molecule has 1 aliphatic rings. The van der Waals surface area contributed by atoms with Crippen molar-refractivity contribution < 1.29 is 17.9 Å². The lowest BCUT2D eigenvalue weighted by atomic mass is 9.75. The van der Waals surface area contributed by atoms with Gasteiger partial charge in [0.05, 0.1) is 5.75 Å². The Balaban J connectivity index is 1.89. The van der Waals surface area contributed by atoms with Gasteiger partial charge in [-0.15, -0.1) is 0 Å². The second-order valence-corrected chi connectivity index (χ2v) is 8.13. The number of sulfonamides is 1. The van der Waals surface area contributed by atoms with Gasteiger partial charge in [0.15, 0.2) is 0 Å². The molecule has 6 heteroatoms. The van der Waals surface area contributed by atoms with Crippen molar-refractivity contribution >= 4 is 10.0 Å². The molecule has 1 aromatic rings. The molecule has 0 aliphatic heterocycles. The maximum atomic E-state index is 13.5. The first-order valence-electron chi connectivity index (χ1n) is 7.78. The summed E-state index contributed by atoms with van der Waals surface area (Å²) < 4.78 is 40.3. The van der Waals surface area contributed by atoms with Crippen LogP contribution in [0.5, 0.6) is 0 Å². The summed E-state index contributed by atoms with van der Waals surface area (Å²) in [7, 11) is -3.47. The Labute approximate surface area is 131 Å². The van der Waals surface area contributed by atoms with Crippen molar-refractivity contribution in [2.24, 2.45) is 5.41 Å². The van der Waals surface area contributed by atoms with E-state index in [4.69, 9.17) is 0 Å². The SMILES string of the molecule is O=S(=O)(CCc1ccccc1F)NCC1(CO)CCCCC1. The van der Waals surface area contributed by atoms with Gasteiger partial charge in [-0.25, -0.2) is 17.5 Å². The van der Waals surface area contributed by atoms with Crippen LogP contribution in [0.15, 0.2) is 24.3 Å². The first kappa shape index (κ1) is 17.4. The summed E-state index contributed by atoms with van der Waals surface area (Å²) in [6, 6.07) is 6.21. The molecular weight excluding hydrogens is 305 g/mol. The third kappa shape index (κ3) is 4.76. The molecule has 1 saturated carbocycles. The Morgan fingerprint density at radius 3 is 2.50 bits per heavy atom. The monoisotopic (exact) mass is 329 g/mol. The third-order valence-corrected chi connectivity index (χ3v) is 5.84. The Morgan fingerprint density at radius 2 is 1.86 bits per heavy atom. The predicted octanol–water partition coefficient (Wildman–Crippen LogP) is 2.23. The summed E-state index contributed by atoms with van der Waals surface area (Å²) >= 11 is 0. The maximum absolute atomic E-state index is 13.5. The highest BCUT2D eigenvalue weighted by Crippen LogP contribution is 2.35. The van der Waals surface area contributed by atoms with Gasteiger partial charge in [-0.3, -0.25) is 0 Å². The van der Waals surface area contributed by atoms with E-state index in [9.17, 15) is 17.9 Å². The van der Waals surface area contributed by atoms with Crippen LogP contribution >= 0.6 is 0 Å². The van der Waals surface area contributed by atoms with Crippen LogP contribution in [0, 0.1) is 11.2 Å². The van der Waals surface area contributed by atoms with E-state index in [-0.39, 0.29) is 36.6 Å². The molecule has 0 spiro atoms. The number of rotatable bonds is 7. The van der Waals surface area contributed by atoms with Crippen molar-refractivity contribution in [2.75, 3.05) is 18.9 Å². The Morgan fingerprint density at radius 1 is 1.18 bits per heavy atom. The zero-order valence-corrected chi connectivity index (χ0v) is 13.5. The molecule has 0 aromatic heterocycles. The molecule has 1 aromatic carbocycles. The highest BCUT2D eigenvalue weighted by Gasteiger charge is 2.32. The normalized spacial score (nSPS) is 18.3. The minimum Gasteiger partial charge on any atom is -0.396 e. The molecule has 0 heterocycles. The lowest BCUT2D eigenvalue weighted by molar-refractivity contribution is 0.0867. The number of hydrogen-bond acceptors (Lipinski definition) is 3. The maximum Gasteiger partial charge on any atom is 0.211 e. The molecule has 1 fully saturated rings. The fourth-order valence-corrected chi connectivity index (χ4v) is 4.13. The van der Waals surface area contributed by atoms with Gasteiger partial charge in [0, 0.05) is 18.6 Å². The van der Waals surface area contributed by atoms with E-state index >= 15 is 0 Å². The van der Waals surface area contributed by atoms with Crippen molar-refractivity contribution in [3.8, 4) is 0 Å². The second kappa shape index (κ2) is 7.53. The molecule has 22 heavy (non-hydrogen) atoms. The van der Waals surface area contributed by atoms with Crippen molar-refractivity contribution in [3.05, 3.63) is 35.6 Å². The van der Waals surface area contributed by atoms with Gasteiger partial charge in [0.25, 0.3) is 0 Å². The molecule has 1 aliphatic carbocycles. The first-order chi connectivity index (χ1) is 10.5. The smallest absolute Gasteiger partial charge is 0.211 e. The van der Waals surface area contributed by atoms with Gasteiger partial charge in [-0.05, 0) is 30.9 Å². The van der Waals surface area contributed by atoms with Crippen molar-refractivity contribution in [1.29, 1.82) is 0 Å². The Hall–Kier alpha value is -0.980. The Kier molecular flexibility index (Phi) is 5.94. The average Bonchev–Trinajstić information content (AvgIpc) is 2.53. The number of benzene rings is 1. The molecule has 0 amide bonds. The summed E-state index contributed by atoms with van der Waals surface area (Å²) in [6.45, 7) is 0.270. The minimum atomic E-state index is -3.47. The fraction of sp³-hybridized carbons (Fsp3) is 0.625. The van der Waals surface area contributed by atoms with Crippen LogP contribution in [0.4, 0.5) is 4.39 Å². The zero-order chi connectivity index (χ0) is 16.1. The quantitative estimate of drug-likeness (QED) is 0.806. The number of aliphatic hydroxyl groups is 1. The van der Waals surface area contributed by atoms with Crippen LogP contribution in [-0.4, -0.2) is 32.4 Å². The number of aliphatic hydroxyl groups excluding tert-OH is 1. The van der Waals surface area contributed by atoms with Gasteiger partial charge in [-0.2, -0.15) is 0 Å². The van der Waals surface area contributed by atoms with E-state index < -0.39 is 10.0 Å². The van der Waals surface area contributed by atoms with Gasteiger partial charge < -0.3 is 5.11 Å². The predicted molar refractivity (Wildman–Crippen MR) is 84.5 cm³/mol. The second-order valence-electron chi connectivity index (χ2n) is 6.20. The molecule has 124 valence electrons. The highest BCUT2D eigenvalue weighted by molar-refractivity contribution is 7.89. The molecule has 0 atom stereocenters. The van der Waals surface area contributed by atoms with Gasteiger partial charge >= 0.3 is 0 Å². The van der Waals surface area contributed by atoms with E-state index in [2.05, 4.69) is 4.72 Å². The van der Waals surface area contributed by atoms with Crippen LogP contribution in [0.3, 0.4) is 0 Å². The molecule has 0 saturated heterocycles. The molecular formula is C16H24FNO3S. The molecule has 2 N–H and O–H groups in total. The lowest BCUT2D eigenvalue weighted by Crippen LogP contribution is -2.42. The lowest BCUT2D eigenvalue weighted by Gasteiger charge is -2.35. The van der Waals surface area contributed by atoms with Crippen molar-refractivity contribution in [2.45, 2.75) is 38.5 Å². The minimum absolute atomic E-state index is 0.00281. The largest absolute Gasteiger partial charge is 0.396 e. The molecule has 0 bridgehead atoms. The van der Waals surface area contributed by atoms with Crippen LogP contribution in [0.25, 0.3) is 0 Å². The van der Waals surface area contributed by atoms with E-state index in [1.165, 1.54) is 6.07 Å². The van der Waals surface area contributed by atoms with E-state index in [0.29, 0.717) is 5.56 Å². The van der Waals surface area contributed by atoms with E-state index in [1.54, 1.807) is 18.2 Å². The van der Waals surface area contributed by atoms with Gasteiger partial charge in [0.1, 0.15) is 5.82 Å². The van der Waals surface area contributed by atoms with E-state index in [1.807, 2.05) is 0 Å². The average molecular weight is 329 g/mol. The first-order valence-corrected chi connectivity index (χ1v) is 9.43. The third-order valence-electron chi connectivity index (χ3n) is 4.51. The molecule has 0 radical (unpaired) electrons. The van der Waals surface area contributed by atoms with Gasteiger partial charge in [0.2, 0.25) is 10.0 Å². The Bertz CT molecular complexity index is 583.